The topological polar surface area (TPSA) is 29.9 Å². The van der Waals surface area contributed by atoms with Crippen LogP contribution in [0.2, 0.25) is 0 Å². The number of aryl methyl sites for hydroxylation is 1. The molecule has 1 aromatic heterocycles. The van der Waals surface area contributed by atoms with Gasteiger partial charge in [-0.05, 0) is 5.56 Å². The van der Waals surface area contributed by atoms with E-state index >= 15 is 0 Å². The Kier molecular flexibility index (Phi) is 3.38. The SMILES string of the molecule is Cn1nccc1NC/C=C/c1ccccc1. The Morgan fingerprint density at radius 1 is 1.25 bits per heavy atom. The summed E-state index contributed by atoms with van der Waals surface area (Å²) >= 11 is 0. The molecule has 3 heteroatoms. The summed E-state index contributed by atoms with van der Waals surface area (Å²) in [6.07, 6.45) is 5.98. The maximum Gasteiger partial charge on any atom is 0.124 e. The molecule has 0 spiro atoms. The van der Waals surface area contributed by atoms with E-state index in [0.717, 1.165) is 12.4 Å². The summed E-state index contributed by atoms with van der Waals surface area (Å²) < 4.78 is 1.82. The van der Waals surface area contributed by atoms with Crippen molar-refractivity contribution in [3.05, 3.63) is 54.2 Å². The number of anilines is 1. The Morgan fingerprint density at radius 3 is 2.75 bits per heavy atom. The van der Waals surface area contributed by atoms with E-state index in [4.69, 9.17) is 0 Å². The summed E-state index contributed by atoms with van der Waals surface area (Å²) in [5, 5.41) is 7.36. The molecule has 0 atom stereocenters. The second-order valence-corrected chi connectivity index (χ2v) is 3.53. The molecule has 0 aliphatic carbocycles. The third-order valence-corrected chi connectivity index (χ3v) is 2.33. The molecule has 2 rings (SSSR count). The largest absolute Gasteiger partial charge is 0.367 e. The average molecular weight is 213 g/mol. The summed E-state index contributed by atoms with van der Waals surface area (Å²) in [6.45, 7) is 0.800. The first kappa shape index (κ1) is 10.5. The number of rotatable bonds is 4. The van der Waals surface area contributed by atoms with Crippen LogP contribution in [0, 0.1) is 0 Å². The Morgan fingerprint density at radius 2 is 2.06 bits per heavy atom. The van der Waals surface area contributed by atoms with Gasteiger partial charge in [0.15, 0.2) is 0 Å². The third-order valence-electron chi connectivity index (χ3n) is 2.33. The van der Waals surface area contributed by atoms with Gasteiger partial charge in [0.1, 0.15) is 5.82 Å². The molecule has 1 N–H and O–H groups in total. The highest BCUT2D eigenvalue weighted by Gasteiger charge is 1.93. The highest BCUT2D eigenvalue weighted by molar-refractivity contribution is 5.49. The Labute approximate surface area is 95.4 Å². The van der Waals surface area contributed by atoms with Crippen LogP contribution in [0.15, 0.2) is 48.7 Å². The van der Waals surface area contributed by atoms with E-state index in [9.17, 15) is 0 Å². The first-order valence-electron chi connectivity index (χ1n) is 5.30. The Balaban J connectivity index is 1.85. The average Bonchev–Trinajstić information content (AvgIpc) is 2.72. The van der Waals surface area contributed by atoms with Crippen molar-refractivity contribution >= 4 is 11.9 Å². The van der Waals surface area contributed by atoms with Crippen molar-refractivity contribution in [2.24, 2.45) is 7.05 Å². The molecule has 0 bridgehead atoms. The molecule has 0 amide bonds. The second kappa shape index (κ2) is 5.16. The Bertz CT molecular complexity index is 457. The molecule has 0 saturated heterocycles. The zero-order valence-electron chi connectivity index (χ0n) is 9.30. The van der Waals surface area contributed by atoms with Crippen LogP contribution in [-0.2, 0) is 7.05 Å². The van der Waals surface area contributed by atoms with E-state index in [0.29, 0.717) is 0 Å². The third kappa shape index (κ3) is 2.73. The van der Waals surface area contributed by atoms with E-state index in [1.807, 2.05) is 36.0 Å². The minimum Gasteiger partial charge on any atom is -0.367 e. The fraction of sp³-hybridized carbons (Fsp3) is 0.154. The van der Waals surface area contributed by atoms with E-state index in [1.165, 1.54) is 5.56 Å². The minimum absolute atomic E-state index is 0.800. The smallest absolute Gasteiger partial charge is 0.124 e. The quantitative estimate of drug-likeness (QED) is 0.845. The normalized spacial score (nSPS) is 10.8. The summed E-state index contributed by atoms with van der Waals surface area (Å²) in [5.41, 5.74) is 1.22. The molecular weight excluding hydrogens is 198 g/mol. The molecule has 1 heterocycles. The van der Waals surface area contributed by atoms with Crippen LogP contribution in [0.3, 0.4) is 0 Å². The minimum atomic E-state index is 0.800. The van der Waals surface area contributed by atoms with Crippen LogP contribution in [-0.4, -0.2) is 16.3 Å². The molecule has 0 aliphatic heterocycles. The second-order valence-electron chi connectivity index (χ2n) is 3.53. The predicted octanol–water partition coefficient (Wildman–Crippen LogP) is 2.55. The lowest BCUT2D eigenvalue weighted by molar-refractivity contribution is 0.772. The van der Waals surface area contributed by atoms with Gasteiger partial charge in [0, 0.05) is 19.7 Å². The molecule has 2 aromatic rings. The highest BCUT2D eigenvalue weighted by atomic mass is 15.3. The lowest BCUT2D eigenvalue weighted by atomic mass is 10.2. The lowest BCUT2D eigenvalue weighted by Crippen LogP contribution is -2.03. The van der Waals surface area contributed by atoms with E-state index in [1.54, 1.807) is 6.20 Å². The summed E-state index contributed by atoms with van der Waals surface area (Å²) in [6, 6.07) is 12.2. The molecule has 3 nitrogen and oxygen atoms in total. The van der Waals surface area contributed by atoms with Crippen molar-refractivity contribution in [1.82, 2.24) is 9.78 Å². The van der Waals surface area contributed by atoms with Gasteiger partial charge < -0.3 is 5.32 Å². The lowest BCUT2D eigenvalue weighted by Gasteiger charge is -2.02. The fourth-order valence-electron chi connectivity index (χ4n) is 1.47. The van der Waals surface area contributed by atoms with Gasteiger partial charge in [-0.15, -0.1) is 0 Å². The monoisotopic (exact) mass is 213 g/mol. The van der Waals surface area contributed by atoms with Crippen molar-refractivity contribution in [2.75, 3.05) is 11.9 Å². The molecule has 0 aliphatic rings. The van der Waals surface area contributed by atoms with Crippen LogP contribution >= 0.6 is 0 Å². The highest BCUT2D eigenvalue weighted by Crippen LogP contribution is 2.04. The van der Waals surface area contributed by atoms with Crippen molar-refractivity contribution in [3.8, 4) is 0 Å². The van der Waals surface area contributed by atoms with Crippen molar-refractivity contribution in [2.45, 2.75) is 0 Å². The zero-order valence-corrected chi connectivity index (χ0v) is 9.30. The maximum absolute atomic E-state index is 4.08. The van der Waals surface area contributed by atoms with Gasteiger partial charge >= 0.3 is 0 Å². The molecule has 1 aromatic carbocycles. The zero-order chi connectivity index (χ0) is 11.2. The molecular formula is C13H15N3. The molecule has 16 heavy (non-hydrogen) atoms. The van der Waals surface area contributed by atoms with Gasteiger partial charge in [0.05, 0.1) is 6.20 Å². The van der Waals surface area contributed by atoms with E-state index < -0.39 is 0 Å². The van der Waals surface area contributed by atoms with Crippen LogP contribution < -0.4 is 5.32 Å². The van der Waals surface area contributed by atoms with Gasteiger partial charge in [0.25, 0.3) is 0 Å². The van der Waals surface area contributed by atoms with Crippen LogP contribution in [0.5, 0.6) is 0 Å². The predicted molar refractivity (Wildman–Crippen MR) is 67.2 cm³/mol. The Hall–Kier alpha value is -2.03. The van der Waals surface area contributed by atoms with Gasteiger partial charge in [-0.1, -0.05) is 42.5 Å². The van der Waals surface area contributed by atoms with E-state index in [2.05, 4.69) is 34.7 Å². The first-order valence-corrected chi connectivity index (χ1v) is 5.30. The van der Waals surface area contributed by atoms with Crippen molar-refractivity contribution < 1.29 is 0 Å². The standard InChI is InChI=1S/C13H15N3/c1-16-13(9-11-15-16)14-10-5-8-12-6-3-2-4-7-12/h2-9,11,14H,10H2,1H3/b8-5+. The van der Waals surface area contributed by atoms with Crippen molar-refractivity contribution in [3.63, 3.8) is 0 Å². The number of aromatic nitrogens is 2. The van der Waals surface area contributed by atoms with Gasteiger partial charge in [-0.25, -0.2) is 0 Å². The number of nitrogens with one attached hydrogen (secondary N) is 1. The maximum atomic E-state index is 4.08. The van der Waals surface area contributed by atoms with Crippen LogP contribution in [0.1, 0.15) is 5.56 Å². The molecule has 0 unspecified atom stereocenters. The molecule has 0 radical (unpaired) electrons. The summed E-state index contributed by atoms with van der Waals surface area (Å²) in [7, 11) is 1.92. The summed E-state index contributed by atoms with van der Waals surface area (Å²) in [4.78, 5) is 0. The molecule has 82 valence electrons. The van der Waals surface area contributed by atoms with Crippen LogP contribution in [0.25, 0.3) is 6.08 Å². The fourth-order valence-corrected chi connectivity index (χ4v) is 1.47. The summed E-state index contributed by atoms with van der Waals surface area (Å²) in [5.74, 6) is 1.03. The number of hydrogen-bond acceptors (Lipinski definition) is 2. The number of hydrogen-bond donors (Lipinski definition) is 1. The van der Waals surface area contributed by atoms with Crippen LogP contribution in [0.4, 0.5) is 5.82 Å². The van der Waals surface area contributed by atoms with Crippen molar-refractivity contribution in [1.29, 1.82) is 0 Å². The van der Waals surface area contributed by atoms with Gasteiger partial charge in [-0.3, -0.25) is 4.68 Å². The van der Waals surface area contributed by atoms with Gasteiger partial charge in [0.2, 0.25) is 0 Å². The van der Waals surface area contributed by atoms with E-state index in [-0.39, 0.29) is 0 Å². The molecule has 0 saturated carbocycles. The molecule has 0 fully saturated rings. The first-order chi connectivity index (χ1) is 7.86. The number of nitrogens with zero attached hydrogens (tertiary/aromatic N) is 2. The number of benzene rings is 1. The van der Waals surface area contributed by atoms with Gasteiger partial charge in [-0.2, -0.15) is 5.10 Å².